The number of pyridine rings is 1. The van der Waals surface area contributed by atoms with Crippen LogP contribution in [0.4, 0.5) is 5.95 Å². The highest BCUT2D eigenvalue weighted by atomic mass is 16.5. The van der Waals surface area contributed by atoms with Gasteiger partial charge in [-0.1, -0.05) is 60.7 Å². The number of hydrogen-bond donors (Lipinski definition) is 1. The maximum Gasteiger partial charge on any atom is 0.229 e. The van der Waals surface area contributed by atoms with Crippen molar-refractivity contribution in [2.75, 3.05) is 25.6 Å². The van der Waals surface area contributed by atoms with Gasteiger partial charge in [0.1, 0.15) is 6.29 Å². The van der Waals surface area contributed by atoms with Gasteiger partial charge in [0.05, 0.1) is 6.61 Å². The number of methoxy groups -OCH3 is 1. The van der Waals surface area contributed by atoms with E-state index in [-0.39, 0.29) is 0 Å². The zero-order chi connectivity index (χ0) is 25.1. The number of aldehydes is 1. The molecule has 180 valence electrons. The molecule has 3 aromatic carbocycles. The number of nitrogens with zero attached hydrogens (tertiary/aromatic N) is 3. The number of ether oxygens (including phenoxy) is 1. The SMILES string of the molecule is COCCNc1nnc2cc(-c3cccc(-c4cccc(-c5ccc(C=O)cc5)c4C)c3C)ccn12. The first-order valence-electron chi connectivity index (χ1n) is 11.9. The van der Waals surface area contributed by atoms with Crippen molar-refractivity contribution in [1.29, 1.82) is 0 Å². The van der Waals surface area contributed by atoms with Gasteiger partial charge in [-0.2, -0.15) is 0 Å². The van der Waals surface area contributed by atoms with Crippen molar-refractivity contribution >= 4 is 17.9 Å². The van der Waals surface area contributed by atoms with Gasteiger partial charge in [-0.15, -0.1) is 10.2 Å². The van der Waals surface area contributed by atoms with Crippen molar-refractivity contribution in [2.24, 2.45) is 0 Å². The molecule has 2 aromatic heterocycles. The summed E-state index contributed by atoms with van der Waals surface area (Å²) >= 11 is 0. The summed E-state index contributed by atoms with van der Waals surface area (Å²) in [5.74, 6) is 0.702. The summed E-state index contributed by atoms with van der Waals surface area (Å²) in [6, 6.07) is 24.7. The van der Waals surface area contributed by atoms with Crippen LogP contribution in [0.2, 0.25) is 0 Å². The number of carbonyl (C=O) groups excluding carboxylic acids is 1. The van der Waals surface area contributed by atoms with Gasteiger partial charge < -0.3 is 10.1 Å². The van der Waals surface area contributed by atoms with Gasteiger partial charge in [0.2, 0.25) is 5.95 Å². The summed E-state index contributed by atoms with van der Waals surface area (Å²) in [7, 11) is 1.68. The zero-order valence-electron chi connectivity index (χ0n) is 20.7. The Labute approximate surface area is 210 Å². The normalized spacial score (nSPS) is 11.1. The second-order valence-electron chi connectivity index (χ2n) is 8.78. The van der Waals surface area contributed by atoms with Crippen LogP contribution in [0.15, 0.2) is 79.0 Å². The second-order valence-corrected chi connectivity index (χ2v) is 8.78. The van der Waals surface area contributed by atoms with Crippen LogP contribution < -0.4 is 5.32 Å². The van der Waals surface area contributed by atoms with E-state index in [4.69, 9.17) is 4.74 Å². The van der Waals surface area contributed by atoms with Crippen LogP contribution in [-0.4, -0.2) is 41.1 Å². The molecule has 1 N–H and O–H groups in total. The molecule has 36 heavy (non-hydrogen) atoms. The topological polar surface area (TPSA) is 68.5 Å². The number of benzene rings is 3. The van der Waals surface area contributed by atoms with Crippen LogP contribution in [-0.2, 0) is 4.74 Å². The minimum atomic E-state index is 0.601. The fourth-order valence-electron chi connectivity index (χ4n) is 4.67. The van der Waals surface area contributed by atoms with E-state index < -0.39 is 0 Å². The second kappa shape index (κ2) is 10.1. The lowest BCUT2D eigenvalue weighted by Crippen LogP contribution is -2.10. The molecule has 6 nitrogen and oxygen atoms in total. The average Bonchev–Trinajstić information content (AvgIpc) is 3.31. The fourth-order valence-corrected chi connectivity index (χ4v) is 4.67. The van der Waals surface area contributed by atoms with Gasteiger partial charge in [0, 0.05) is 25.4 Å². The monoisotopic (exact) mass is 476 g/mol. The van der Waals surface area contributed by atoms with Crippen LogP contribution in [0.1, 0.15) is 21.5 Å². The molecule has 0 spiro atoms. The summed E-state index contributed by atoms with van der Waals surface area (Å²) in [6.45, 7) is 5.59. The maximum absolute atomic E-state index is 11.1. The lowest BCUT2D eigenvalue weighted by molar-refractivity contribution is 0.112. The van der Waals surface area contributed by atoms with Crippen molar-refractivity contribution in [3.05, 3.63) is 95.7 Å². The Morgan fingerprint density at radius 1 is 0.833 bits per heavy atom. The van der Waals surface area contributed by atoms with Crippen LogP contribution in [0.5, 0.6) is 0 Å². The average molecular weight is 477 g/mol. The highest BCUT2D eigenvalue weighted by molar-refractivity contribution is 5.85. The third-order valence-electron chi connectivity index (χ3n) is 6.63. The van der Waals surface area contributed by atoms with E-state index in [1.54, 1.807) is 7.11 Å². The highest BCUT2D eigenvalue weighted by Crippen LogP contribution is 2.37. The number of aromatic nitrogens is 3. The van der Waals surface area contributed by atoms with Crippen LogP contribution in [0, 0.1) is 13.8 Å². The fraction of sp³-hybridized carbons (Fsp3) is 0.167. The largest absolute Gasteiger partial charge is 0.383 e. The molecule has 0 radical (unpaired) electrons. The number of carbonyl (C=O) groups is 1. The first-order chi connectivity index (χ1) is 17.6. The summed E-state index contributed by atoms with van der Waals surface area (Å²) in [5, 5.41) is 11.9. The molecule has 0 aliphatic rings. The van der Waals surface area contributed by atoms with E-state index in [1.807, 2.05) is 34.9 Å². The van der Waals surface area contributed by atoms with E-state index in [1.165, 1.54) is 22.3 Å². The molecule has 5 aromatic rings. The number of nitrogens with one attached hydrogen (secondary N) is 1. The molecule has 0 aliphatic heterocycles. The van der Waals surface area contributed by atoms with Crippen LogP contribution in [0.25, 0.3) is 39.0 Å². The van der Waals surface area contributed by atoms with Crippen molar-refractivity contribution < 1.29 is 9.53 Å². The molecule has 0 saturated heterocycles. The molecule has 0 saturated carbocycles. The first-order valence-corrected chi connectivity index (χ1v) is 11.9. The quantitative estimate of drug-likeness (QED) is 0.213. The van der Waals surface area contributed by atoms with Gasteiger partial charge in [-0.3, -0.25) is 9.20 Å². The summed E-state index contributed by atoms with van der Waals surface area (Å²) in [5.41, 5.74) is 10.8. The van der Waals surface area contributed by atoms with Gasteiger partial charge in [-0.05, 0) is 70.5 Å². The molecule has 0 unspecified atom stereocenters. The van der Waals surface area contributed by atoms with E-state index in [0.717, 1.165) is 34.2 Å². The van der Waals surface area contributed by atoms with Gasteiger partial charge in [0.25, 0.3) is 0 Å². The van der Waals surface area contributed by atoms with Crippen molar-refractivity contribution in [3.8, 4) is 33.4 Å². The predicted molar refractivity (Wildman–Crippen MR) is 145 cm³/mol. The molecule has 5 rings (SSSR count). The molecular weight excluding hydrogens is 448 g/mol. The molecule has 0 atom stereocenters. The maximum atomic E-state index is 11.1. The third-order valence-corrected chi connectivity index (χ3v) is 6.63. The Hall–Kier alpha value is -4.29. The number of rotatable bonds is 8. The molecule has 0 aliphatic carbocycles. The van der Waals surface area contributed by atoms with Crippen molar-refractivity contribution in [1.82, 2.24) is 14.6 Å². The van der Waals surface area contributed by atoms with Gasteiger partial charge in [-0.25, -0.2) is 0 Å². The zero-order valence-corrected chi connectivity index (χ0v) is 20.7. The lowest BCUT2D eigenvalue weighted by atomic mass is 9.88. The van der Waals surface area contributed by atoms with Crippen molar-refractivity contribution in [3.63, 3.8) is 0 Å². The van der Waals surface area contributed by atoms with Gasteiger partial charge >= 0.3 is 0 Å². The summed E-state index contributed by atoms with van der Waals surface area (Å²) in [6.07, 6.45) is 2.87. The molecule has 6 heteroatoms. The van der Waals surface area contributed by atoms with Gasteiger partial charge in [0.15, 0.2) is 5.65 Å². The van der Waals surface area contributed by atoms with E-state index in [0.29, 0.717) is 24.7 Å². The van der Waals surface area contributed by atoms with E-state index in [2.05, 4.69) is 77.9 Å². The Balaban J connectivity index is 1.52. The first kappa shape index (κ1) is 23.5. The highest BCUT2D eigenvalue weighted by Gasteiger charge is 2.14. The molecular formula is C30H28N4O2. The standard InChI is InChI=1S/C30H28N4O2/c1-20-25(23-12-10-22(19-35)11-13-23)6-4-8-27(20)28-9-5-7-26(21(28)2)24-14-16-34-29(18-24)32-33-30(34)31-15-17-36-3/h4-14,16,18-19H,15,17H2,1-3H3,(H,31,33). The smallest absolute Gasteiger partial charge is 0.229 e. The molecule has 0 fully saturated rings. The number of hydrogen-bond acceptors (Lipinski definition) is 5. The predicted octanol–water partition coefficient (Wildman–Crippen LogP) is 6.22. The number of anilines is 1. The Bertz CT molecular complexity index is 1540. The van der Waals surface area contributed by atoms with Crippen LogP contribution >= 0.6 is 0 Å². The van der Waals surface area contributed by atoms with E-state index in [9.17, 15) is 4.79 Å². The van der Waals surface area contributed by atoms with Crippen LogP contribution in [0.3, 0.4) is 0 Å². The van der Waals surface area contributed by atoms with Crippen molar-refractivity contribution in [2.45, 2.75) is 13.8 Å². The molecule has 0 amide bonds. The third kappa shape index (κ3) is 4.39. The Morgan fingerprint density at radius 2 is 1.47 bits per heavy atom. The summed E-state index contributed by atoms with van der Waals surface area (Å²) in [4.78, 5) is 11.1. The molecule has 2 heterocycles. The number of fused-ring (bicyclic) bond motifs is 1. The Morgan fingerprint density at radius 3 is 2.11 bits per heavy atom. The van der Waals surface area contributed by atoms with E-state index >= 15 is 0 Å². The minimum Gasteiger partial charge on any atom is -0.383 e. The summed E-state index contributed by atoms with van der Waals surface area (Å²) < 4.78 is 7.05. The lowest BCUT2D eigenvalue weighted by Gasteiger charge is -2.16. The Kier molecular flexibility index (Phi) is 6.60. The minimum absolute atomic E-state index is 0.601. The molecule has 0 bridgehead atoms.